The van der Waals surface area contributed by atoms with E-state index < -0.39 is 5.79 Å². The monoisotopic (exact) mass is 221 g/mol. The first-order valence-electron chi connectivity index (χ1n) is 5.72. The minimum Gasteiger partial charge on any atom is -0.347 e. The minimum absolute atomic E-state index is 0.0396. The molecule has 0 bridgehead atoms. The van der Waals surface area contributed by atoms with E-state index in [1.165, 1.54) is 11.1 Å². The first-order valence-corrected chi connectivity index (χ1v) is 5.72. The molecule has 0 aromatic heterocycles. The summed E-state index contributed by atoms with van der Waals surface area (Å²) < 4.78 is 11.7. The second-order valence-corrected chi connectivity index (χ2v) is 4.45. The Morgan fingerprint density at radius 3 is 2.88 bits per heavy atom. The molecule has 3 nitrogen and oxygen atoms in total. The van der Waals surface area contributed by atoms with Crippen LogP contribution in [0.2, 0.25) is 0 Å². The molecule has 1 saturated heterocycles. The molecule has 1 aromatic carbocycles. The summed E-state index contributed by atoms with van der Waals surface area (Å²) in [5.74, 6) is -0.512. The highest BCUT2D eigenvalue weighted by Gasteiger charge is 2.37. The van der Waals surface area contributed by atoms with Gasteiger partial charge < -0.3 is 15.2 Å². The quantitative estimate of drug-likeness (QED) is 0.850. The lowest BCUT2D eigenvalue weighted by Crippen LogP contribution is -2.29. The molecular formula is C13H19NO2. The van der Waals surface area contributed by atoms with Crippen LogP contribution in [0.1, 0.15) is 30.6 Å². The molecule has 16 heavy (non-hydrogen) atoms. The van der Waals surface area contributed by atoms with E-state index in [9.17, 15) is 0 Å². The van der Waals surface area contributed by atoms with Crippen molar-refractivity contribution in [3.63, 3.8) is 0 Å². The zero-order chi connectivity index (χ0) is 11.6. The molecule has 1 fully saturated rings. The molecule has 1 heterocycles. The van der Waals surface area contributed by atoms with Crippen molar-refractivity contribution in [2.75, 3.05) is 13.2 Å². The van der Waals surface area contributed by atoms with Gasteiger partial charge in [0.2, 0.25) is 0 Å². The molecule has 2 unspecified atom stereocenters. The lowest BCUT2D eigenvalue weighted by atomic mass is 10.0. The third kappa shape index (κ3) is 2.26. The number of hydrogen-bond acceptors (Lipinski definition) is 3. The maximum absolute atomic E-state index is 5.95. The van der Waals surface area contributed by atoms with E-state index in [1.54, 1.807) is 0 Å². The van der Waals surface area contributed by atoms with Gasteiger partial charge in [-0.3, -0.25) is 0 Å². The third-order valence-corrected chi connectivity index (χ3v) is 3.07. The summed E-state index contributed by atoms with van der Waals surface area (Å²) in [5.41, 5.74) is 8.00. The molecule has 2 atom stereocenters. The standard InChI is InChI=1S/C13H19NO2/c1-10-5-3-4-6-11(10)12-9-15-13(2,16-12)7-8-14/h3-6,12H,7-9,14H2,1-2H3. The van der Waals surface area contributed by atoms with Crippen LogP contribution in [-0.2, 0) is 9.47 Å². The zero-order valence-corrected chi connectivity index (χ0v) is 9.90. The molecule has 0 saturated carbocycles. The number of rotatable bonds is 3. The lowest BCUT2D eigenvalue weighted by molar-refractivity contribution is -0.157. The Labute approximate surface area is 96.5 Å². The van der Waals surface area contributed by atoms with E-state index in [1.807, 2.05) is 19.1 Å². The summed E-state index contributed by atoms with van der Waals surface area (Å²) in [6.07, 6.45) is 0.771. The highest BCUT2D eigenvalue weighted by molar-refractivity contribution is 5.28. The molecular weight excluding hydrogens is 202 g/mol. The van der Waals surface area contributed by atoms with Gasteiger partial charge in [-0.25, -0.2) is 0 Å². The Morgan fingerprint density at radius 2 is 2.19 bits per heavy atom. The van der Waals surface area contributed by atoms with Crippen LogP contribution in [0, 0.1) is 6.92 Å². The fourth-order valence-corrected chi connectivity index (χ4v) is 2.12. The smallest absolute Gasteiger partial charge is 0.167 e. The summed E-state index contributed by atoms with van der Waals surface area (Å²) in [4.78, 5) is 0. The predicted molar refractivity (Wildman–Crippen MR) is 63.0 cm³/mol. The summed E-state index contributed by atoms with van der Waals surface area (Å²) in [6, 6.07) is 8.26. The van der Waals surface area contributed by atoms with Crippen LogP contribution in [0.25, 0.3) is 0 Å². The zero-order valence-electron chi connectivity index (χ0n) is 9.90. The van der Waals surface area contributed by atoms with Crippen molar-refractivity contribution in [1.29, 1.82) is 0 Å². The lowest BCUT2D eigenvalue weighted by Gasteiger charge is -2.22. The van der Waals surface area contributed by atoms with Gasteiger partial charge in [0, 0.05) is 6.42 Å². The molecule has 2 rings (SSSR count). The largest absolute Gasteiger partial charge is 0.347 e. The fraction of sp³-hybridized carbons (Fsp3) is 0.538. The highest BCUT2D eigenvalue weighted by atomic mass is 16.7. The SMILES string of the molecule is Cc1ccccc1C1COC(C)(CCN)O1. The van der Waals surface area contributed by atoms with E-state index >= 15 is 0 Å². The van der Waals surface area contributed by atoms with Crippen molar-refractivity contribution in [3.05, 3.63) is 35.4 Å². The molecule has 1 aromatic rings. The Morgan fingerprint density at radius 1 is 1.44 bits per heavy atom. The number of aryl methyl sites for hydroxylation is 1. The summed E-state index contributed by atoms with van der Waals surface area (Å²) >= 11 is 0. The van der Waals surface area contributed by atoms with Crippen LogP contribution >= 0.6 is 0 Å². The van der Waals surface area contributed by atoms with Gasteiger partial charge >= 0.3 is 0 Å². The summed E-state index contributed by atoms with van der Waals surface area (Å²) in [5, 5.41) is 0. The summed E-state index contributed by atoms with van der Waals surface area (Å²) in [6.45, 7) is 5.24. The van der Waals surface area contributed by atoms with Gasteiger partial charge in [0.05, 0.1) is 6.61 Å². The van der Waals surface area contributed by atoms with Gasteiger partial charge in [-0.2, -0.15) is 0 Å². The molecule has 3 heteroatoms. The molecule has 0 spiro atoms. The van der Waals surface area contributed by atoms with Gasteiger partial charge in [-0.1, -0.05) is 24.3 Å². The fourth-order valence-electron chi connectivity index (χ4n) is 2.12. The average Bonchev–Trinajstić information content (AvgIpc) is 2.62. The normalized spacial score (nSPS) is 29.6. The first-order chi connectivity index (χ1) is 7.64. The van der Waals surface area contributed by atoms with Gasteiger partial charge in [0.15, 0.2) is 5.79 Å². The number of hydrogen-bond donors (Lipinski definition) is 1. The Kier molecular flexibility index (Phi) is 3.28. The van der Waals surface area contributed by atoms with Gasteiger partial charge in [-0.05, 0) is 31.5 Å². The molecule has 88 valence electrons. The van der Waals surface area contributed by atoms with Crippen LogP contribution in [0.4, 0.5) is 0 Å². The molecule has 1 aliphatic heterocycles. The van der Waals surface area contributed by atoms with E-state index in [-0.39, 0.29) is 6.10 Å². The van der Waals surface area contributed by atoms with Crippen molar-refractivity contribution < 1.29 is 9.47 Å². The number of ether oxygens (including phenoxy) is 2. The molecule has 2 N–H and O–H groups in total. The molecule has 0 radical (unpaired) electrons. The van der Waals surface area contributed by atoms with Crippen LogP contribution in [0.5, 0.6) is 0 Å². The average molecular weight is 221 g/mol. The van der Waals surface area contributed by atoms with Crippen molar-refractivity contribution in [2.45, 2.75) is 32.2 Å². The van der Waals surface area contributed by atoms with Crippen LogP contribution in [-0.4, -0.2) is 18.9 Å². The van der Waals surface area contributed by atoms with Crippen molar-refractivity contribution >= 4 is 0 Å². The van der Waals surface area contributed by atoms with Crippen LogP contribution < -0.4 is 5.73 Å². The van der Waals surface area contributed by atoms with E-state index in [4.69, 9.17) is 15.2 Å². The summed E-state index contributed by atoms with van der Waals surface area (Å²) in [7, 11) is 0. The van der Waals surface area contributed by atoms with Gasteiger partial charge in [0.25, 0.3) is 0 Å². The third-order valence-electron chi connectivity index (χ3n) is 3.07. The maximum Gasteiger partial charge on any atom is 0.167 e. The minimum atomic E-state index is -0.512. The van der Waals surface area contributed by atoms with Crippen molar-refractivity contribution in [2.24, 2.45) is 5.73 Å². The second-order valence-electron chi connectivity index (χ2n) is 4.45. The molecule has 1 aliphatic rings. The van der Waals surface area contributed by atoms with Gasteiger partial charge in [0.1, 0.15) is 6.10 Å². The van der Waals surface area contributed by atoms with Crippen molar-refractivity contribution in [3.8, 4) is 0 Å². The van der Waals surface area contributed by atoms with Gasteiger partial charge in [-0.15, -0.1) is 0 Å². The Hall–Kier alpha value is -0.900. The Bertz CT molecular complexity index is 367. The molecule has 0 aliphatic carbocycles. The van der Waals surface area contributed by atoms with Crippen LogP contribution in [0.3, 0.4) is 0 Å². The molecule has 0 amide bonds. The van der Waals surface area contributed by atoms with Crippen LogP contribution in [0.15, 0.2) is 24.3 Å². The topological polar surface area (TPSA) is 44.5 Å². The van der Waals surface area contributed by atoms with E-state index in [0.717, 1.165) is 6.42 Å². The maximum atomic E-state index is 5.95. The number of nitrogens with two attached hydrogens (primary N) is 1. The first kappa shape index (κ1) is 11.6. The van der Waals surface area contributed by atoms with Crippen molar-refractivity contribution in [1.82, 2.24) is 0 Å². The second kappa shape index (κ2) is 4.53. The Balaban J connectivity index is 2.12. The number of benzene rings is 1. The highest BCUT2D eigenvalue weighted by Crippen LogP contribution is 2.35. The van der Waals surface area contributed by atoms with E-state index in [0.29, 0.717) is 13.2 Å². The van der Waals surface area contributed by atoms with E-state index in [2.05, 4.69) is 19.1 Å². The predicted octanol–water partition coefficient (Wildman–Crippen LogP) is 2.15.